The summed E-state index contributed by atoms with van der Waals surface area (Å²) in [5.41, 5.74) is 2.33. The van der Waals surface area contributed by atoms with Crippen molar-refractivity contribution in [1.82, 2.24) is 0 Å². The van der Waals surface area contributed by atoms with Crippen molar-refractivity contribution in [2.75, 3.05) is 20.8 Å². The molecule has 0 amide bonds. The zero-order valence-corrected chi connectivity index (χ0v) is 83.6. The third kappa shape index (κ3) is 68.0. The fraction of sp³-hybridized carbons (Fsp3) is 0.818. The van der Waals surface area contributed by atoms with Crippen LogP contribution in [0.2, 0.25) is 47.3 Å². The molecule has 2 unspecified atom stereocenters. The van der Waals surface area contributed by atoms with Gasteiger partial charge in [-0.2, -0.15) is 0 Å². The van der Waals surface area contributed by atoms with Crippen LogP contribution < -0.4 is 0 Å². The first kappa shape index (κ1) is 132. The molecular formula is C88H186O3Ru4Si3+4. The van der Waals surface area contributed by atoms with E-state index in [1.54, 1.807) is 0 Å². The number of allylic oxidation sites excluding steroid dienone is 9. The minimum atomic E-state index is -1.64. The molecule has 4 aliphatic carbocycles. The van der Waals surface area contributed by atoms with Gasteiger partial charge in [-0.15, -0.1) is 13.2 Å². The molecule has 0 aromatic rings. The summed E-state index contributed by atoms with van der Waals surface area (Å²) >= 11 is 0. The summed E-state index contributed by atoms with van der Waals surface area (Å²) in [6.07, 6.45) is 52.8. The van der Waals surface area contributed by atoms with Crippen LogP contribution in [0.3, 0.4) is 0 Å². The Kier molecular flexibility index (Phi) is 109. The van der Waals surface area contributed by atoms with Gasteiger partial charge >= 0.3 is 77.9 Å². The molecule has 98 heavy (non-hydrogen) atoms. The molecule has 596 valence electrons. The first-order valence-electron chi connectivity index (χ1n) is 38.4. The van der Waals surface area contributed by atoms with Crippen LogP contribution in [0, 0.1) is 88.9 Å². The van der Waals surface area contributed by atoms with Crippen molar-refractivity contribution < 1.29 is 91.2 Å². The van der Waals surface area contributed by atoms with E-state index in [9.17, 15) is 0 Å². The zero-order chi connectivity index (χ0) is 71.1. The number of rotatable bonds is 23. The topological polar surface area (TPSA) is 27.7 Å². The predicted molar refractivity (Wildman–Crippen MR) is 454 cm³/mol. The van der Waals surface area contributed by atoms with Gasteiger partial charge in [-0.05, 0) is 178 Å². The molecule has 3 nitrogen and oxygen atoms in total. The van der Waals surface area contributed by atoms with Crippen LogP contribution in [0.25, 0.3) is 0 Å². The van der Waals surface area contributed by atoms with Crippen LogP contribution in [-0.4, -0.2) is 45.8 Å². The Labute approximate surface area is 681 Å². The van der Waals surface area contributed by atoms with Gasteiger partial charge in [0, 0.05) is 20.8 Å². The fourth-order valence-electron chi connectivity index (χ4n) is 11.2. The second-order valence-electron chi connectivity index (χ2n) is 31.9. The maximum atomic E-state index is 5.99. The molecule has 0 saturated heterocycles. The van der Waals surface area contributed by atoms with E-state index in [0.717, 1.165) is 85.0 Å². The standard InChI is InChI=1S/3C11H24OSi.2C10H20.3C7H14.2C5H10.4CH3.4Ru/c1-7-8-9-10-12-13(5,6)11(2,3)4;2*1-7-8-9-10-13(6,12-5)11(2,3)4;2*1-6-7(2)9(4)10(5)8(6)3;3*1-3-5-7-6-4-2;2*1-2-4-5-3-1;;;;;;;;/h7H,1,8-10H2,2-6H3;9-10H,7-8H2,1-6H3;7-8H,9-10H2,1-6H3;2*6-10H,1-5H3;5,7H,3-4,6H2,1-2H3;3,5H,4,6-7H2,1-2H3;3H,1,4-7H2,2H3;2*1-5H2;4*1H3;;;;/q;;;;;;;;;;4*-1;4*+2/b;10-9+;8-7+;;;7-5+;5-3+;;;;;;;;;;;. The molecule has 0 bridgehead atoms. The Balaban J connectivity index is -0.0000000669. The van der Waals surface area contributed by atoms with Gasteiger partial charge in [0.1, 0.15) is 0 Å². The molecule has 0 aliphatic heterocycles. The van der Waals surface area contributed by atoms with Crippen molar-refractivity contribution in [3.8, 4) is 0 Å². The molecular weight excluding hydrogens is 1590 g/mol. The van der Waals surface area contributed by atoms with Crippen molar-refractivity contribution in [2.24, 2.45) is 59.2 Å². The zero-order valence-electron chi connectivity index (χ0n) is 73.7. The molecule has 4 rings (SSSR count). The molecule has 4 fully saturated rings. The average molecular weight is 1780 g/mol. The van der Waals surface area contributed by atoms with Crippen LogP contribution in [0.1, 0.15) is 341 Å². The van der Waals surface area contributed by atoms with Crippen LogP contribution in [-0.2, 0) is 91.2 Å². The maximum absolute atomic E-state index is 5.99. The molecule has 0 aromatic heterocycles. The van der Waals surface area contributed by atoms with Crippen molar-refractivity contribution in [3.63, 3.8) is 0 Å². The van der Waals surface area contributed by atoms with E-state index in [2.05, 4.69) is 268 Å². The van der Waals surface area contributed by atoms with Gasteiger partial charge in [0.25, 0.3) is 0 Å². The molecule has 2 atom stereocenters. The summed E-state index contributed by atoms with van der Waals surface area (Å²) in [4.78, 5) is 0. The van der Waals surface area contributed by atoms with E-state index in [-0.39, 0.29) is 113 Å². The third-order valence-electron chi connectivity index (χ3n) is 22.3. The Bertz CT molecular complexity index is 1550. The summed E-state index contributed by atoms with van der Waals surface area (Å²) in [6.45, 7) is 77.0. The summed E-state index contributed by atoms with van der Waals surface area (Å²) in [6, 6.07) is 1.22. The van der Waals surface area contributed by atoms with Gasteiger partial charge < -0.3 is 43.0 Å². The SMILES string of the molecule is C/C=C/CCCC.C/C=C/CC[Si](C)(OC)C(C)(C)C.C1CCCC1.C1CCCC1.C=CCCCCC.C=CCCCO[Si](C)(C)C(C)(C)C.CC/C=C/CCC.CC1C(C)C(C)C(C)C1C.CC1C(C)C(C)C(C)C1C.CCC/C=C/[Si](C)(OC)C(C)(C)C.[CH3-].[CH3-].[CH3-].[CH3-].[Ru+2].[Ru+2].[Ru+2].[Ru+2]. The van der Waals surface area contributed by atoms with Crippen molar-refractivity contribution in [2.45, 2.75) is 388 Å². The maximum Gasteiger partial charge on any atom is 2.00 e. The quantitative estimate of drug-likeness (QED) is 0.0442. The Morgan fingerprint density at radius 1 is 0.367 bits per heavy atom. The minimum absolute atomic E-state index is 0. The number of unbranched alkanes of at least 4 members (excludes halogenated alkanes) is 8. The minimum Gasteiger partial charge on any atom is -0.420 e. The number of hydrogen-bond acceptors (Lipinski definition) is 3. The van der Waals surface area contributed by atoms with E-state index < -0.39 is 25.0 Å². The van der Waals surface area contributed by atoms with Crippen molar-refractivity contribution >= 4 is 25.0 Å². The fourth-order valence-corrected chi connectivity index (χ4v) is 16.5. The first-order valence-corrected chi connectivity index (χ1v) is 46.4. The van der Waals surface area contributed by atoms with Gasteiger partial charge in [0.05, 0.1) is 0 Å². The predicted octanol–water partition coefficient (Wildman–Crippen LogP) is 32.2. The molecule has 4 saturated carbocycles. The summed E-state index contributed by atoms with van der Waals surface area (Å²) in [7, 11) is -0.936. The van der Waals surface area contributed by atoms with Crippen LogP contribution in [0.4, 0.5) is 0 Å². The average Bonchev–Trinajstić information content (AvgIpc) is 1.38. The molecule has 0 radical (unpaired) electrons. The smallest absolute Gasteiger partial charge is 0.420 e. The van der Waals surface area contributed by atoms with Gasteiger partial charge in [-0.1, -0.05) is 329 Å². The summed E-state index contributed by atoms with van der Waals surface area (Å²) < 4.78 is 17.4. The number of hydrogen-bond donors (Lipinski definition) is 0. The van der Waals surface area contributed by atoms with Crippen molar-refractivity contribution in [3.05, 3.63) is 103 Å². The van der Waals surface area contributed by atoms with Crippen LogP contribution >= 0.6 is 0 Å². The van der Waals surface area contributed by atoms with Gasteiger partial charge in [0.15, 0.2) is 16.6 Å². The van der Waals surface area contributed by atoms with Crippen LogP contribution in [0.5, 0.6) is 0 Å². The van der Waals surface area contributed by atoms with E-state index in [1.807, 2.05) is 26.4 Å². The molecule has 0 aromatic carbocycles. The molecule has 4 aliphatic rings. The van der Waals surface area contributed by atoms with E-state index in [0.29, 0.717) is 10.1 Å². The van der Waals surface area contributed by atoms with E-state index >= 15 is 0 Å². The third-order valence-corrected chi connectivity index (χ3v) is 36.9. The first-order chi connectivity index (χ1) is 41.9. The van der Waals surface area contributed by atoms with Gasteiger partial charge in [-0.25, -0.2) is 0 Å². The second kappa shape index (κ2) is 81.0. The van der Waals surface area contributed by atoms with E-state index in [1.165, 1.54) is 147 Å². The summed E-state index contributed by atoms with van der Waals surface area (Å²) in [5.74, 6) is 9.35. The Morgan fingerprint density at radius 3 is 0.929 bits per heavy atom. The molecule has 0 N–H and O–H groups in total. The Hall–Kier alpha value is 1.46. The normalized spacial score (nSPS) is 22.3. The van der Waals surface area contributed by atoms with Crippen LogP contribution in [0.15, 0.2) is 73.5 Å². The van der Waals surface area contributed by atoms with Crippen molar-refractivity contribution in [1.29, 1.82) is 0 Å². The monoisotopic (exact) mass is 1780 g/mol. The second-order valence-corrected chi connectivity index (χ2v) is 46.0. The molecule has 0 spiro atoms. The van der Waals surface area contributed by atoms with Gasteiger partial charge in [0.2, 0.25) is 8.32 Å². The Morgan fingerprint density at radius 2 is 0.684 bits per heavy atom. The molecule has 10 heteroatoms. The largest absolute Gasteiger partial charge is 2.00 e. The molecule has 0 heterocycles. The van der Waals surface area contributed by atoms with E-state index in [4.69, 9.17) is 13.3 Å². The van der Waals surface area contributed by atoms with Gasteiger partial charge in [-0.3, -0.25) is 0 Å². The summed E-state index contributed by atoms with van der Waals surface area (Å²) in [5, 5.41) is 0.955.